The third-order valence-corrected chi connectivity index (χ3v) is 4.41. The molecule has 1 rings (SSSR count). The Labute approximate surface area is 116 Å². The van der Waals surface area contributed by atoms with E-state index in [2.05, 4.69) is 4.72 Å². The third kappa shape index (κ3) is 5.69. The van der Waals surface area contributed by atoms with E-state index in [1.807, 2.05) is 30.3 Å². The van der Waals surface area contributed by atoms with Crippen LogP contribution < -0.4 is 10.5 Å². The monoisotopic (exact) mass is 285 g/mol. The normalized spacial score (nSPS) is 12.3. The minimum absolute atomic E-state index is 0.123. The van der Waals surface area contributed by atoms with Crippen LogP contribution in [0.5, 0.6) is 0 Å². The zero-order valence-corrected chi connectivity index (χ0v) is 12.4. The van der Waals surface area contributed by atoms with Crippen LogP contribution in [0.1, 0.15) is 19.4 Å². The molecule has 0 aliphatic carbocycles. The molecule has 5 nitrogen and oxygen atoms in total. The second-order valence-electron chi connectivity index (χ2n) is 4.70. The molecule has 0 aliphatic rings. The zero-order valence-electron chi connectivity index (χ0n) is 11.5. The second-order valence-corrected chi connectivity index (χ2v) is 6.40. The summed E-state index contributed by atoms with van der Waals surface area (Å²) in [6.07, 6.45) is 0.680. The summed E-state index contributed by atoms with van der Waals surface area (Å²) in [5, 5.41) is 0. The molecule has 0 aliphatic heterocycles. The molecule has 0 amide bonds. The summed E-state index contributed by atoms with van der Waals surface area (Å²) in [7, 11) is -3.45. The van der Waals surface area contributed by atoms with Crippen LogP contribution in [0.25, 0.3) is 0 Å². The van der Waals surface area contributed by atoms with Gasteiger partial charge in [-0.1, -0.05) is 30.3 Å². The highest BCUT2D eigenvalue weighted by Crippen LogP contribution is 2.05. The molecular weight excluding hydrogens is 262 g/mol. The molecule has 0 atom stereocenters. The van der Waals surface area contributed by atoms with Crippen LogP contribution in [0.4, 0.5) is 0 Å². The number of nitrogens with one attached hydrogen (secondary N) is 1. The van der Waals surface area contributed by atoms with Crippen molar-refractivity contribution in [3.05, 3.63) is 35.9 Å². The molecule has 0 aromatic heterocycles. The average Bonchev–Trinajstić information content (AvgIpc) is 2.34. The topological polar surface area (TPSA) is 75.4 Å². The van der Waals surface area contributed by atoms with Crippen LogP contribution in [0.15, 0.2) is 30.3 Å². The first-order chi connectivity index (χ1) is 8.95. The Morgan fingerprint density at radius 2 is 1.84 bits per heavy atom. The van der Waals surface area contributed by atoms with Crippen molar-refractivity contribution in [3.63, 3.8) is 0 Å². The molecular formula is C13H23N3O2S. The average molecular weight is 285 g/mol. The molecule has 0 heterocycles. The van der Waals surface area contributed by atoms with Gasteiger partial charge in [-0.05, 0) is 25.8 Å². The van der Waals surface area contributed by atoms with Crippen molar-refractivity contribution < 1.29 is 8.42 Å². The Bertz CT molecular complexity index is 460. The highest BCUT2D eigenvalue weighted by Gasteiger charge is 2.21. The van der Waals surface area contributed by atoms with Crippen LogP contribution in [0.2, 0.25) is 0 Å². The van der Waals surface area contributed by atoms with Crippen LogP contribution in [0.3, 0.4) is 0 Å². The van der Waals surface area contributed by atoms with Crippen LogP contribution in [0, 0.1) is 0 Å². The van der Waals surface area contributed by atoms with Gasteiger partial charge in [0, 0.05) is 25.7 Å². The molecule has 0 saturated carbocycles. The second kappa shape index (κ2) is 7.59. The fraction of sp³-hybridized carbons (Fsp3) is 0.538. The third-order valence-electron chi connectivity index (χ3n) is 2.60. The summed E-state index contributed by atoms with van der Waals surface area (Å²) >= 11 is 0. The van der Waals surface area contributed by atoms with Gasteiger partial charge >= 0.3 is 0 Å². The highest BCUT2D eigenvalue weighted by atomic mass is 32.2. The molecule has 3 N–H and O–H groups in total. The first-order valence-corrected chi connectivity index (χ1v) is 7.91. The molecule has 108 valence electrons. The molecule has 1 aromatic rings. The molecule has 0 unspecified atom stereocenters. The SMILES string of the molecule is CC(C)NS(=O)(=O)N(CCN)CCc1ccccc1. The Hall–Kier alpha value is -0.950. The van der Waals surface area contributed by atoms with Crippen LogP contribution in [-0.4, -0.2) is 38.4 Å². The van der Waals surface area contributed by atoms with E-state index in [1.165, 1.54) is 4.31 Å². The molecule has 1 aromatic carbocycles. The smallest absolute Gasteiger partial charge is 0.279 e. The van der Waals surface area contributed by atoms with E-state index >= 15 is 0 Å². The van der Waals surface area contributed by atoms with Gasteiger partial charge in [-0.25, -0.2) is 0 Å². The van der Waals surface area contributed by atoms with Gasteiger partial charge in [-0.15, -0.1) is 0 Å². The van der Waals surface area contributed by atoms with Gasteiger partial charge < -0.3 is 5.73 Å². The van der Waals surface area contributed by atoms with Crippen LogP contribution in [-0.2, 0) is 16.6 Å². The van der Waals surface area contributed by atoms with Gasteiger partial charge in [0.15, 0.2) is 0 Å². The number of rotatable bonds is 8. The van der Waals surface area contributed by atoms with E-state index in [1.54, 1.807) is 13.8 Å². The van der Waals surface area contributed by atoms with Crippen molar-refractivity contribution in [2.24, 2.45) is 5.73 Å². The minimum atomic E-state index is -3.45. The first-order valence-electron chi connectivity index (χ1n) is 6.47. The quantitative estimate of drug-likeness (QED) is 0.739. The van der Waals surface area contributed by atoms with E-state index in [4.69, 9.17) is 5.73 Å². The van der Waals surface area contributed by atoms with Gasteiger partial charge in [-0.2, -0.15) is 17.4 Å². The van der Waals surface area contributed by atoms with Gasteiger partial charge in [0.2, 0.25) is 0 Å². The Kier molecular flexibility index (Phi) is 6.44. The maximum absolute atomic E-state index is 12.1. The fourth-order valence-corrected chi connectivity index (χ4v) is 3.19. The van der Waals surface area contributed by atoms with Gasteiger partial charge in [0.1, 0.15) is 0 Å². The lowest BCUT2D eigenvalue weighted by Crippen LogP contribution is -2.46. The summed E-state index contributed by atoms with van der Waals surface area (Å²) in [5.74, 6) is 0. The maximum atomic E-state index is 12.1. The molecule has 0 saturated heterocycles. The van der Waals surface area contributed by atoms with Gasteiger partial charge in [-0.3, -0.25) is 0 Å². The van der Waals surface area contributed by atoms with Gasteiger partial charge in [0.05, 0.1) is 0 Å². The standard InChI is InChI=1S/C13H23N3O2S/c1-12(2)15-19(17,18)16(11-9-14)10-8-13-6-4-3-5-7-13/h3-7,12,15H,8-11,14H2,1-2H3. The summed E-state index contributed by atoms with van der Waals surface area (Å²) in [4.78, 5) is 0. The molecule has 0 spiro atoms. The van der Waals surface area contributed by atoms with E-state index < -0.39 is 10.2 Å². The van der Waals surface area contributed by atoms with E-state index in [9.17, 15) is 8.42 Å². The number of benzene rings is 1. The highest BCUT2D eigenvalue weighted by molar-refractivity contribution is 7.87. The van der Waals surface area contributed by atoms with E-state index in [0.29, 0.717) is 26.1 Å². The fourth-order valence-electron chi connectivity index (χ4n) is 1.77. The number of hydrogen-bond donors (Lipinski definition) is 2. The molecule has 0 fully saturated rings. The molecule has 0 bridgehead atoms. The number of hydrogen-bond acceptors (Lipinski definition) is 3. The van der Waals surface area contributed by atoms with Crippen LogP contribution >= 0.6 is 0 Å². The Balaban J connectivity index is 2.67. The number of nitrogens with two attached hydrogens (primary N) is 1. The lowest BCUT2D eigenvalue weighted by molar-refractivity contribution is 0.409. The summed E-state index contributed by atoms with van der Waals surface area (Å²) in [6, 6.07) is 9.69. The van der Waals surface area contributed by atoms with Crippen molar-refractivity contribution >= 4 is 10.2 Å². The summed E-state index contributed by atoms with van der Waals surface area (Å²) < 4.78 is 28.2. The maximum Gasteiger partial charge on any atom is 0.279 e. The summed E-state index contributed by atoms with van der Waals surface area (Å²) in [5.41, 5.74) is 6.61. The van der Waals surface area contributed by atoms with Crippen molar-refractivity contribution in [1.82, 2.24) is 9.03 Å². The first kappa shape index (κ1) is 16.1. The molecule has 6 heteroatoms. The Morgan fingerprint density at radius 1 is 1.21 bits per heavy atom. The predicted molar refractivity (Wildman–Crippen MR) is 78.0 cm³/mol. The lowest BCUT2D eigenvalue weighted by atomic mass is 10.1. The van der Waals surface area contributed by atoms with E-state index in [0.717, 1.165) is 5.56 Å². The van der Waals surface area contributed by atoms with Crippen molar-refractivity contribution in [2.75, 3.05) is 19.6 Å². The van der Waals surface area contributed by atoms with Crippen molar-refractivity contribution in [1.29, 1.82) is 0 Å². The van der Waals surface area contributed by atoms with Crippen molar-refractivity contribution in [2.45, 2.75) is 26.3 Å². The lowest BCUT2D eigenvalue weighted by Gasteiger charge is -2.23. The van der Waals surface area contributed by atoms with Crippen molar-refractivity contribution in [3.8, 4) is 0 Å². The predicted octanol–water partition coefficient (Wildman–Crippen LogP) is 0.733. The number of nitrogens with zero attached hydrogens (tertiary/aromatic N) is 1. The molecule has 19 heavy (non-hydrogen) atoms. The zero-order chi connectivity index (χ0) is 14.3. The largest absolute Gasteiger partial charge is 0.329 e. The molecule has 0 radical (unpaired) electrons. The summed E-state index contributed by atoms with van der Waals surface area (Å²) in [6.45, 7) is 4.68. The van der Waals surface area contributed by atoms with E-state index in [-0.39, 0.29) is 6.04 Å². The van der Waals surface area contributed by atoms with Gasteiger partial charge in [0.25, 0.3) is 10.2 Å². The minimum Gasteiger partial charge on any atom is -0.329 e. The Morgan fingerprint density at radius 3 is 2.37 bits per heavy atom.